The Bertz CT molecular complexity index is 224. The van der Waals surface area contributed by atoms with E-state index < -0.39 is 0 Å². The summed E-state index contributed by atoms with van der Waals surface area (Å²) in [6, 6.07) is 0.760. The van der Waals surface area contributed by atoms with Crippen molar-refractivity contribution < 1.29 is 0 Å². The van der Waals surface area contributed by atoms with Crippen LogP contribution in [0.4, 0.5) is 0 Å². The van der Waals surface area contributed by atoms with Crippen molar-refractivity contribution in [2.45, 2.75) is 31.7 Å². The summed E-state index contributed by atoms with van der Waals surface area (Å²) >= 11 is 0. The van der Waals surface area contributed by atoms with Gasteiger partial charge in [-0.1, -0.05) is 6.42 Å². The molecule has 18 heavy (non-hydrogen) atoms. The molecule has 0 aromatic rings. The lowest BCUT2D eigenvalue weighted by Crippen LogP contribution is -2.49. The number of hydrogen-bond acceptors (Lipinski definition) is 4. The van der Waals surface area contributed by atoms with Crippen LogP contribution in [-0.2, 0) is 0 Å². The van der Waals surface area contributed by atoms with Gasteiger partial charge in [-0.3, -0.25) is 9.80 Å². The van der Waals surface area contributed by atoms with Gasteiger partial charge in [-0.15, -0.1) is 0 Å². The first-order valence-corrected chi connectivity index (χ1v) is 7.64. The van der Waals surface area contributed by atoms with Gasteiger partial charge in [-0.2, -0.15) is 0 Å². The molecule has 4 heteroatoms. The Balaban J connectivity index is 1.70. The number of likely N-dealkylation sites (tertiary alicyclic amines) is 1. The topological polar surface area (TPSA) is 35.7 Å². The van der Waals surface area contributed by atoms with Gasteiger partial charge in [-0.25, -0.2) is 0 Å². The number of nitrogens with zero attached hydrogens (tertiary/aromatic N) is 3. The molecule has 0 radical (unpaired) electrons. The van der Waals surface area contributed by atoms with Gasteiger partial charge in [0, 0.05) is 45.3 Å². The minimum absolute atomic E-state index is 0.760. The Morgan fingerprint density at radius 2 is 1.78 bits per heavy atom. The maximum absolute atomic E-state index is 5.73. The van der Waals surface area contributed by atoms with Crippen molar-refractivity contribution >= 4 is 0 Å². The molecule has 0 bridgehead atoms. The molecular formula is C14H30N4. The highest BCUT2D eigenvalue weighted by atomic mass is 15.3. The van der Waals surface area contributed by atoms with E-state index in [0.29, 0.717) is 0 Å². The van der Waals surface area contributed by atoms with E-state index in [2.05, 4.69) is 21.7 Å². The van der Waals surface area contributed by atoms with Gasteiger partial charge >= 0.3 is 0 Å². The SMILES string of the molecule is CN1CCN(CCN2CCCCC2CCN)CC1. The van der Waals surface area contributed by atoms with Gasteiger partial charge < -0.3 is 10.6 Å². The van der Waals surface area contributed by atoms with Crippen LogP contribution in [-0.4, -0.2) is 80.1 Å². The summed E-state index contributed by atoms with van der Waals surface area (Å²) in [6.07, 6.45) is 5.32. The lowest BCUT2D eigenvalue weighted by atomic mass is 9.99. The fraction of sp³-hybridized carbons (Fsp3) is 1.00. The van der Waals surface area contributed by atoms with E-state index in [1.165, 1.54) is 71.5 Å². The lowest BCUT2D eigenvalue weighted by molar-refractivity contribution is 0.0991. The predicted molar refractivity (Wildman–Crippen MR) is 76.8 cm³/mol. The summed E-state index contributed by atoms with van der Waals surface area (Å²) in [5.41, 5.74) is 5.73. The van der Waals surface area contributed by atoms with Crippen molar-refractivity contribution in [1.82, 2.24) is 14.7 Å². The summed E-state index contributed by atoms with van der Waals surface area (Å²) in [7, 11) is 2.22. The van der Waals surface area contributed by atoms with Crippen molar-refractivity contribution in [3.05, 3.63) is 0 Å². The highest BCUT2D eigenvalue weighted by molar-refractivity contribution is 4.79. The van der Waals surface area contributed by atoms with Gasteiger partial charge in [0.2, 0.25) is 0 Å². The highest BCUT2D eigenvalue weighted by Crippen LogP contribution is 2.18. The molecule has 2 saturated heterocycles. The smallest absolute Gasteiger partial charge is 0.0112 e. The fourth-order valence-corrected chi connectivity index (χ4v) is 3.22. The second-order valence-electron chi connectivity index (χ2n) is 5.91. The zero-order valence-corrected chi connectivity index (χ0v) is 12.0. The third-order valence-corrected chi connectivity index (χ3v) is 4.55. The van der Waals surface area contributed by atoms with Crippen LogP contribution in [0.15, 0.2) is 0 Å². The molecule has 2 rings (SSSR count). The van der Waals surface area contributed by atoms with Gasteiger partial charge in [0.15, 0.2) is 0 Å². The van der Waals surface area contributed by atoms with Crippen molar-refractivity contribution in [2.24, 2.45) is 5.73 Å². The van der Waals surface area contributed by atoms with E-state index in [4.69, 9.17) is 5.73 Å². The number of likely N-dealkylation sites (N-methyl/N-ethyl adjacent to an activating group) is 1. The van der Waals surface area contributed by atoms with Crippen LogP contribution >= 0.6 is 0 Å². The molecule has 4 nitrogen and oxygen atoms in total. The first-order valence-electron chi connectivity index (χ1n) is 7.64. The third-order valence-electron chi connectivity index (χ3n) is 4.55. The Labute approximate surface area is 112 Å². The molecule has 1 atom stereocenters. The molecular weight excluding hydrogens is 224 g/mol. The molecule has 2 fully saturated rings. The fourth-order valence-electron chi connectivity index (χ4n) is 3.22. The van der Waals surface area contributed by atoms with Gasteiger partial charge in [0.1, 0.15) is 0 Å². The van der Waals surface area contributed by atoms with E-state index in [1.807, 2.05) is 0 Å². The molecule has 2 aliphatic heterocycles. The molecule has 0 aliphatic carbocycles. The van der Waals surface area contributed by atoms with E-state index >= 15 is 0 Å². The van der Waals surface area contributed by atoms with Crippen molar-refractivity contribution in [3.63, 3.8) is 0 Å². The average Bonchev–Trinajstić information content (AvgIpc) is 2.40. The predicted octanol–water partition coefficient (Wildman–Crippen LogP) is 0.437. The van der Waals surface area contributed by atoms with E-state index in [-0.39, 0.29) is 0 Å². The first-order chi connectivity index (χ1) is 8.79. The normalized spacial score (nSPS) is 28.7. The van der Waals surface area contributed by atoms with Gasteiger partial charge in [0.05, 0.1) is 0 Å². The van der Waals surface area contributed by atoms with Crippen LogP contribution in [0.3, 0.4) is 0 Å². The second-order valence-corrected chi connectivity index (χ2v) is 5.91. The maximum Gasteiger partial charge on any atom is 0.0112 e. The Hall–Kier alpha value is -0.160. The molecule has 2 heterocycles. The summed E-state index contributed by atoms with van der Waals surface area (Å²) in [5, 5.41) is 0. The maximum atomic E-state index is 5.73. The van der Waals surface area contributed by atoms with E-state index in [9.17, 15) is 0 Å². The van der Waals surface area contributed by atoms with Gasteiger partial charge in [-0.05, 0) is 39.4 Å². The summed E-state index contributed by atoms with van der Waals surface area (Å²) in [4.78, 5) is 7.73. The Morgan fingerprint density at radius 3 is 2.50 bits per heavy atom. The third kappa shape index (κ3) is 4.19. The molecule has 0 aromatic carbocycles. The molecule has 2 aliphatic rings. The number of hydrogen-bond donors (Lipinski definition) is 1. The summed E-state index contributed by atoms with van der Waals surface area (Å²) < 4.78 is 0. The Morgan fingerprint density at radius 1 is 1.00 bits per heavy atom. The van der Waals surface area contributed by atoms with Crippen LogP contribution in [0.5, 0.6) is 0 Å². The van der Waals surface area contributed by atoms with Crippen LogP contribution in [0.25, 0.3) is 0 Å². The molecule has 0 amide bonds. The minimum Gasteiger partial charge on any atom is -0.330 e. The van der Waals surface area contributed by atoms with E-state index in [0.717, 1.165) is 12.6 Å². The molecule has 1 unspecified atom stereocenters. The van der Waals surface area contributed by atoms with Crippen molar-refractivity contribution in [2.75, 3.05) is 59.4 Å². The largest absolute Gasteiger partial charge is 0.330 e. The highest BCUT2D eigenvalue weighted by Gasteiger charge is 2.22. The minimum atomic E-state index is 0.760. The monoisotopic (exact) mass is 254 g/mol. The second kappa shape index (κ2) is 7.43. The van der Waals surface area contributed by atoms with Crippen LogP contribution in [0.1, 0.15) is 25.7 Å². The summed E-state index contributed by atoms with van der Waals surface area (Å²) in [6.45, 7) is 9.56. The molecule has 0 spiro atoms. The van der Waals surface area contributed by atoms with Gasteiger partial charge in [0.25, 0.3) is 0 Å². The summed E-state index contributed by atoms with van der Waals surface area (Å²) in [5.74, 6) is 0. The van der Waals surface area contributed by atoms with Crippen LogP contribution in [0.2, 0.25) is 0 Å². The molecule has 106 valence electrons. The first kappa shape index (κ1) is 14.3. The molecule has 2 N–H and O–H groups in total. The number of piperazine rings is 1. The Kier molecular flexibility index (Phi) is 5.89. The zero-order valence-electron chi connectivity index (χ0n) is 12.0. The quantitative estimate of drug-likeness (QED) is 0.772. The van der Waals surface area contributed by atoms with Crippen LogP contribution in [0, 0.1) is 0 Å². The number of rotatable bonds is 5. The van der Waals surface area contributed by atoms with Crippen molar-refractivity contribution in [3.8, 4) is 0 Å². The molecule has 0 saturated carbocycles. The number of nitrogens with two attached hydrogens (primary N) is 1. The zero-order chi connectivity index (χ0) is 12.8. The van der Waals surface area contributed by atoms with Crippen molar-refractivity contribution in [1.29, 1.82) is 0 Å². The number of piperidine rings is 1. The van der Waals surface area contributed by atoms with Crippen LogP contribution < -0.4 is 5.73 Å². The standard InChI is InChI=1S/C14H30N4/c1-16-8-10-17(11-9-16)12-13-18-7-3-2-4-14(18)5-6-15/h14H,2-13,15H2,1H3. The van der Waals surface area contributed by atoms with E-state index in [1.54, 1.807) is 0 Å². The molecule has 0 aromatic heterocycles. The lowest BCUT2D eigenvalue weighted by Gasteiger charge is -2.38. The average molecular weight is 254 g/mol.